The number of hydrogen-bond acceptors (Lipinski definition) is 9. The van der Waals surface area contributed by atoms with Crippen LogP contribution in [-0.2, 0) is 19.1 Å². The molecule has 0 radical (unpaired) electrons. The predicted molar refractivity (Wildman–Crippen MR) is 105 cm³/mol. The molecule has 0 bridgehead atoms. The average Bonchev–Trinajstić information content (AvgIpc) is 2.64. The Morgan fingerprint density at radius 1 is 1.27 bits per heavy atom. The lowest BCUT2D eigenvalue weighted by Crippen LogP contribution is -2.59. The van der Waals surface area contributed by atoms with Crippen molar-refractivity contribution in [3.63, 3.8) is 0 Å². The fourth-order valence-electron chi connectivity index (χ4n) is 3.66. The molecule has 2 rings (SSSR count). The van der Waals surface area contributed by atoms with Crippen LogP contribution >= 0.6 is 0 Å². The maximum atomic E-state index is 12.2. The third-order valence-electron chi connectivity index (χ3n) is 5.64. The van der Waals surface area contributed by atoms with Gasteiger partial charge in [0.15, 0.2) is 5.78 Å². The molecule has 6 atom stereocenters. The first kappa shape index (κ1) is 24.4. The monoisotopic (exact) mass is 426 g/mol. The van der Waals surface area contributed by atoms with Gasteiger partial charge in [-0.05, 0) is 37.1 Å². The van der Waals surface area contributed by atoms with E-state index in [1.54, 1.807) is 27.7 Å². The van der Waals surface area contributed by atoms with Gasteiger partial charge in [0.25, 0.3) is 0 Å². The van der Waals surface area contributed by atoms with Crippen LogP contribution in [0.5, 0.6) is 0 Å². The topological polar surface area (TPSA) is 154 Å². The van der Waals surface area contributed by atoms with Crippen LogP contribution in [0.1, 0.15) is 34.1 Å². The van der Waals surface area contributed by atoms with Gasteiger partial charge >= 0.3 is 5.97 Å². The Hall–Kier alpha value is -1.88. The molecule has 1 aliphatic carbocycles. The number of esters is 1. The van der Waals surface area contributed by atoms with E-state index in [0.717, 1.165) is 6.08 Å². The summed E-state index contributed by atoms with van der Waals surface area (Å²) in [6.45, 7) is 6.17. The summed E-state index contributed by atoms with van der Waals surface area (Å²) in [6.07, 6.45) is -1.95. The molecule has 1 heterocycles. The van der Waals surface area contributed by atoms with Crippen molar-refractivity contribution in [1.82, 2.24) is 0 Å². The van der Waals surface area contributed by atoms with Crippen LogP contribution in [0.4, 0.5) is 0 Å². The van der Waals surface area contributed by atoms with Gasteiger partial charge in [0, 0.05) is 17.9 Å². The molecule has 1 fully saturated rings. The highest BCUT2D eigenvalue weighted by molar-refractivity contribution is 5.92. The summed E-state index contributed by atoms with van der Waals surface area (Å²) in [7, 11) is 0. The molecule has 1 aliphatic heterocycles. The minimum Gasteiger partial charge on any atom is -0.430 e. The van der Waals surface area contributed by atoms with Gasteiger partial charge in [0.05, 0.1) is 6.61 Å². The quantitative estimate of drug-likeness (QED) is 0.222. The van der Waals surface area contributed by atoms with Crippen LogP contribution in [0, 0.1) is 5.41 Å². The van der Waals surface area contributed by atoms with Crippen molar-refractivity contribution in [3.05, 3.63) is 35.5 Å². The first-order chi connectivity index (χ1) is 13.8. The summed E-state index contributed by atoms with van der Waals surface area (Å²) >= 11 is 0. The lowest BCUT2D eigenvalue weighted by Gasteiger charge is -2.44. The van der Waals surface area contributed by atoms with Gasteiger partial charge in [-0.25, -0.2) is 4.79 Å². The molecule has 30 heavy (non-hydrogen) atoms. The number of ether oxygens (including phenoxy) is 2. The molecule has 2 aliphatic rings. The minimum atomic E-state index is -1.69. The second-order valence-corrected chi connectivity index (χ2v) is 8.48. The minimum absolute atomic E-state index is 0.0639. The van der Waals surface area contributed by atoms with Crippen LogP contribution in [-0.4, -0.2) is 80.2 Å². The summed E-state index contributed by atoms with van der Waals surface area (Å²) < 4.78 is 10.1. The first-order valence-corrected chi connectivity index (χ1v) is 9.65. The van der Waals surface area contributed by atoms with Gasteiger partial charge in [-0.3, -0.25) is 4.79 Å². The predicted octanol–water partition coefficient (Wildman–Crippen LogP) is -0.492. The highest BCUT2D eigenvalue weighted by Crippen LogP contribution is 2.44. The number of aliphatic hydroxyl groups is 5. The second-order valence-electron chi connectivity index (χ2n) is 8.48. The van der Waals surface area contributed by atoms with Gasteiger partial charge < -0.3 is 35.0 Å². The molecule has 1 saturated heterocycles. The van der Waals surface area contributed by atoms with Gasteiger partial charge in [-0.1, -0.05) is 19.9 Å². The lowest BCUT2D eigenvalue weighted by molar-refractivity contribution is -0.291. The average molecular weight is 426 g/mol. The number of carbonyl (C=O) groups is 2. The van der Waals surface area contributed by atoms with Gasteiger partial charge in [0.2, 0.25) is 6.29 Å². The Morgan fingerprint density at radius 2 is 1.90 bits per heavy atom. The first-order valence-electron chi connectivity index (χ1n) is 9.65. The zero-order chi connectivity index (χ0) is 22.9. The molecule has 0 aromatic heterocycles. The van der Waals surface area contributed by atoms with Crippen molar-refractivity contribution in [1.29, 1.82) is 0 Å². The molecule has 0 aromatic carbocycles. The number of allylic oxidation sites excluding steroid dienone is 3. The third kappa shape index (κ3) is 4.88. The Kier molecular flexibility index (Phi) is 7.39. The molecule has 0 amide bonds. The summed E-state index contributed by atoms with van der Waals surface area (Å²) in [5.74, 6) is -0.954. The van der Waals surface area contributed by atoms with Crippen LogP contribution in [0.3, 0.4) is 0 Å². The van der Waals surface area contributed by atoms with Crippen molar-refractivity contribution < 1.29 is 44.6 Å². The third-order valence-corrected chi connectivity index (χ3v) is 5.64. The fraction of sp³-hybridized carbons (Fsp3) is 0.619. The standard InChI is InChI=1S/C21H30O9/c1-11(5-6-21(28)12(2)8-13(23)9-20(21,3)4)7-15(24)30-19-18(27)17(26)16(25)14(10-22)29-19/h5-8,14,16-19,22,25-28H,9-10H2,1-4H3/b6-5?,11-7-/t14-,16-,17+,18-,19+,21?/m1/s1. The van der Waals surface area contributed by atoms with E-state index < -0.39 is 54.3 Å². The van der Waals surface area contributed by atoms with Crippen LogP contribution in [0.15, 0.2) is 35.5 Å². The number of aliphatic hydroxyl groups excluding tert-OH is 4. The fourth-order valence-corrected chi connectivity index (χ4v) is 3.66. The normalized spacial score (nSPS) is 37.2. The molecule has 0 spiro atoms. The summed E-state index contributed by atoms with van der Waals surface area (Å²) in [6, 6.07) is 0. The zero-order valence-corrected chi connectivity index (χ0v) is 17.5. The van der Waals surface area contributed by atoms with E-state index in [2.05, 4.69) is 0 Å². The summed E-state index contributed by atoms with van der Waals surface area (Å²) in [5.41, 5.74) is -1.21. The molecular weight excluding hydrogens is 396 g/mol. The molecule has 9 nitrogen and oxygen atoms in total. The van der Waals surface area contributed by atoms with E-state index in [1.165, 1.54) is 18.2 Å². The number of carbonyl (C=O) groups excluding carboxylic acids is 2. The Labute approximate surface area is 174 Å². The number of ketones is 1. The molecule has 9 heteroatoms. The van der Waals surface area contributed by atoms with Crippen molar-refractivity contribution in [2.24, 2.45) is 5.41 Å². The number of hydrogen-bond donors (Lipinski definition) is 5. The van der Waals surface area contributed by atoms with Crippen molar-refractivity contribution in [2.45, 2.75) is 70.4 Å². The molecule has 168 valence electrons. The van der Waals surface area contributed by atoms with Crippen LogP contribution in [0.2, 0.25) is 0 Å². The van der Waals surface area contributed by atoms with E-state index in [-0.39, 0.29) is 12.2 Å². The van der Waals surface area contributed by atoms with Gasteiger partial charge in [0.1, 0.15) is 30.0 Å². The molecule has 1 unspecified atom stereocenters. The lowest BCUT2D eigenvalue weighted by atomic mass is 9.64. The Balaban J connectivity index is 2.11. The zero-order valence-electron chi connectivity index (χ0n) is 17.5. The van der Waals surface area contributed by atoms with E-state index in [4.69, 9.17) is 9.47 Å². The molecule has 0 saturated carbocycles. The van der Waals surface area contributed by atoms with E-state index >= 15 is 0 Å². The molecule has 0 aromatic rings. The maximum absolute atomic E-state index is 12.2. The highest BCUT2D eigenvalue weighted by atomic mass is 16.7. The van der Waals surface area contributed by atoms with Crippen molar-refractivity contribution >= 4 is 11.8 Å². The van der Waals surface area contributed by atoms with Crippen molar-refractivity contribution in [3.8, 4) is 0 Å². The van der Waals surface area contributed by atoms with E-state index in [0.29, 0.717) is 11.1 Å². The maximum Gasteiger partial charge on any atom is 0.333 e. The second kappa shape index (κ2) is 9.09. The molecular formula is C21H30O9. The Morgan fingerprint density at radius 3 is 2.47 bits per heavy atom. The van der Waals surface area contributed by atoms with Gasteiger partial charge in [-0.2, -0.15) is 0 Å². The SMILES string of the molecule is CC1=CC(=O)CC(C)(C)C1(O)C=C/C(C)=C\C(=O)O[C@@H]1O[C@H](CO)[C@@H](O)[C@H](O)[C@H]1O. The van der Waals surface area contributed by atoms with Gasteiger partial charge in [-0.15, -0.1) is 0 Å². The summed E-state index contributed by atoms with van der Waals surface area (Å²) in [4.78, 5) is 24.0. The van der Waals surface area contributed by atoms with Crippen LogP contribution in [0.25, 0.3) is 0 Å². The highest BCUT2D eigenvalue weighted by Gasteiger charge is 2.47. The van der Waals surface area contributed by atoms with E-state index in [9.17, 15) is 35.1 Å². The van der Waals surface area contributed by atoms with E-state index in [1.807, 2.05) is 0 Å². The Bertz CT molecular complexity index is 764. The summed E-state index contributed by atoms with van der Waals surface area (Å²) in [5, 5.41) is 49.7. The number of rotatable bonds is 5. The molecule has 5 N–H and O–H groups in total. The van der Waals surface area contributed by atoms with Crippen molar-refractivity contribution in [2.75, 3.05) is 6.61 Å². The largest absolute Gasteiger partial charge is 0.430 e. The van der Waals surface area contributed by atoms with Crippen LogP contribution < -0.4 is 0 Å². The smallest absolute Gasteiger partial charge is 0.333 e.